The summed E-state index contributed by atoms with van der Waals surface area (Å²) in [5.41, 5.74) is 2.65. The number of aryl methyl sites for hydroxylation is 1. The predicted molar refractivity (Wildman–Crippen MR) is 90.2 cm³/mol. The van der Waals surface area contributed by atoms with Crippen LogP contribution in [-0.4, -0.2) is 18.5 Å². The van der Waals surface area contributed by atoms with Gasteiger partial charge in [0.05, 0.1) is 5.92 Å². The normalized spacial score (nSPS) is 11.6. The van der Waals surface area contributed by atoms with Gasteiger partial charge in [0.15, 0.2) is 6.61 Å². The van der Waals surface area contributed by atoms with Crippen LogP contribution < -0.4 is 5.32 Å². The molecule has 0 aliphatic carbocycles. The minimum Gasteiger partial charge on any atom is -0.455 e. The molecule has 0 fully saturated rings. The molecule has 1 amide bonds. The summed E-state index contributed by atoms with van der Waals surface area (Å²) in [5.74, 6) is -1.06. The lowest BCUT2D eigenvalue weighted by molar-refractivity contribution is -0.149. The molecule has 1 N–H and O–H groups in total. The van der Waals surface area contributed by atoms with Gasteiger partial charge in [0.25, 0.3) is 5.91 Å². The summed E-state index contributed by atoms with van der Waals surface area (Å²) in [7, 11) is 0. The van der Waals surface area contributed by atoms with E-state index in [4.69, 9.17) is 4.74 Å². The minimum atomic E-state index is -0.377. The Bertz CT molecular complexity index is 667. The molecule has 0 heterocycles. The van der Waals surface area contributed by atoms with Crippen LogP contribution in [0.1, 0.15) is 30.4 Å². The maximum absolute atomic E-state index is 12.2. The highest BCUT2D eigenvalue weighted by molar-refractivity contribution is 5.93. The van der Waals surface area contributed by atoms with E-state index in [1.54, 1.807) is 6.07 Å². The highest BCUT2D eigenvalue weighted by Gasteiger charge is 2.20. The molecule has 0 aliphatic heterocycles. The van der Waals surface area contributed by atoms with Gasteiger partial charge in [-0.15, -0.1) is 0 Å². The van der Waals surface area contributed by atoms with E-state index >= 15 is 0 Å². The topological polar surface area (TPSA) is 55.4 Å². The molecule has 120 valence electrons. The quantitative estimate of drug-likeness (QED) is 0.828. The van der Waals surface area contributed by atoms with E-state index in [-0.39, 0.29) is 24.4 Å². The molecule has 0 saturated heterocycles. The molecule has 0 spiro atoms. The van der Waals surface area contributed by atoms with Crippen molar-refractivity contribution in [2.45, 2.75) is 26.2 Å². The molecule has 0 radical (unpaired) electrons. The fraction of sp³-hybridized carbons (Fsp3) is 0.263. The van der Waals surface area contributed by atoms with Gasteiger partial charge in [-0.05, 0) is 36.6 Å². The SMILES string of the molecule is CC[C@H](C(=O)OCC(=O)Nc1cccc(C)c1)c1ccccc1. The fourth-order valence-electron chi connectivity index (χ4n) is 2.38. The molecule has 2 rings (SSSR count). The summed E-state index contributed by atoms with van der Waals surface area (Å²) in [6, 6.07) is 16.9. The number of amides is 1. The molecule has 1 atom stereocenters. The van der Waals surface area contributed by atoms with E-state index in [1.165, 1.54) is 0 Å². The molecule has 23 heavy (non-hydrogen) atoms. The van der Waals surface area contributed by atoms with Gasteiger partial charge in [-0.1, -0.05) is 49.4 Å². The summed E-state index contributed by atoms with van der Waals surface area (Å²) in [5, 5.41) is 2.72. The summed E-state index contributed by atoms with van der Waals surface area (Å²) in [4.78, 5) is 24.1. The standard InChI is InChI=1S/C19H21NO3/c1-3-17(15-9-5-4-6-10-15)19(22)23-13-18(21)20-16-11-7-8-14(2)12-16/h4-12,17H,3,13H2,1-2H3,(H,20,21)/t17-/m0/s1. The Balaban J connectivity index is 1.89. The van der Waals surface area contributed by atoms with Gasteiger partial charge >= 0.3 is 5.97 Å². The molecule has 2 aromatic rings. The molecule has 0 unspecified atom stereocenters. The molecule has 4 heteroatoms. The van der Waals surface area contributed by atoms with E-state index in [0.717, 1.165) is 11.1 Å². The second-order valence-electron chi connectivity index (χ2n) is 5.40. The van der Waals surface area contributed by atoms with Crippen molar-refractivity contribution < 1.29 is 14.3 Å². The van der Waals surface area contributed by atoms with Gasteiger partial charge in [-0.25, -0.2) is 0 Å². The summed E-state index contributed by atoms with van der Waals surface area (Å²) in [6.45, 7) is 3.59. The van der Waals surface area contributed by atoms with E-state index in [1.807, 2.05) is 62.4 Å². The minimum absolute atomic E-state index is 0.282. The van der Waals surface area contributed by atoms with Gasteiger partial charge in [-0.2, -0.15) is 0 Å². The zero-order valence-corrected chi connectivity index (χ0v) is 13.4. The smallest absolute Gasteiger partial charge is 0.313 e. The van der Waals surface area contributed by atoms with Gasteiger partial charge in [-0.3, -0.25) is 9.59 Å². The lowest BCUT2D eigenvalue weighted by Crippen LogP contribution is -2.23. The third-order valence-electron chi connectivity index (χ3n) is 3.54. The van der Waals surface area contributed by atoms with Crippen LogP contribution in [0.15, 0.2) is 54.6 Å². The number of hydrogen-bond donors (Lipinski definition) is 1. The number of nitrogens with one attached hydrogen (secondary N) is 1. The summed E-state index contributed by atoms with van der Waals surface area (Å²) in [6.07, 6.45) is 0.627. The molecule has 0 aliphatic rings. The largest absolute Gasteiger partial charge is 0.455 e. The fourth-order valence-corrected chi connectivity index (χ4v) is 2.38. The van der Waals surface area contributed by atoms with Crippen molar-refractivity contribution in [1.82, 2.24) is 0 Å². The third-order valence-corrected chi connectivity index (χ3v) is 3.54. The second-order valence-corrected chi connectivity index (χ2v) is 5.40. The van der Waals surface area contributed by atoms with Crippen molar-refractivity contribution in [3.63, 3.8) is 0 Å². The highest BCUT2D eigenvalue weighted by Crippen LogP contribution is 2.20. The van der Waals surface area contributed by atoms with Crippen LogP contribution >= 0.6 is 0 Å². The maximum atomic E-state index is 12.2. The number of esters is 1. The predicted octanol–water partition coefficient (Wildman–Crippen LogP) is 3.67. The van der Waals surface area contributed by atoms with E-state index in [2.05, 4.69) is 5.32 Å². The molecule has 0 saturated carbocycles. The molecular formula is C19H21NO3. The zero-order valence-electron chi connectivity index (χ0n) is 13.4. The van der Waals surface area contributed by atoms with Crippen LogP contribution in [0, 0.1) is 6.92 Å². The van der Waals surface area contributed by atoms with Crippen molar-refractivity contribution >= 4 is 17.6 Å². The van der Waals surface area contributed by atoms with Crippen molar-refractivity contribution in [2.75, 3.05) is 11.9 Å². The number of ether oxygens (including phenoxy) is 1. The van der Waals surface area contributed by atoms with Crippen LogP contribution in [0.4, 0.5) is 5.69 Å². The first-order valence-electron chi connectivity index (χ1n) is 7.68. The van der Waals surface area contributed by atoms with Crippen LogP contribution in [0.3, 0.4) is 0 Å². The van der Waals surface area contributed by atoms with Gasteiger partial charge in [0, 0.05) is 5.69 Å². The first-order valence-corrected chi connectivity index (χ1v) is 7.68. The molecule has 4 nitrogen and oxygen atoms in total. The Labute approximate surface area is 136 Å². The average Bonchev–Trinajstić information content (AvgIpc) is 2.55. The molecular weight excluding hydrogens is 290 g/mol. The Hall–Kier alpha value is -2.62. The number of rotatable bonds is 6. The zero-order chi connectivity index (χ0) is 16.7. The van der Waals surface area contributed by atoms with E-state index in [0.29, 0.717) is 12.1 Å². The Morgan fingerprint density at radius 3 is 2.48 bits per heavy atom. The first kappa shape index (κ1) is 16.7. The number of carbonyl (C=O) groups excluding carboxylic acids is 2. The number of carbonyl (C=O) groups is 2. The lowest BCUT2D eigenvalue weighted by atomic mass is 9.97. The Kier molecular flexibility index (Phi) is 5.92. The molecule has 0 bridgehead atoms. The van der Waals surface area contributed by atoms with Crippen molar-refractivity contribution in [2.24, 2.45) is 0 Å². The van der Waals surface area contributed by atoms with Crippen LogP contribution in [-0.2, 0) is 14.3 Å². The van der Waals surface area contributed by atoms with Crippen LogP contribution in [0.5, 0.6) is 0 Å². The maximum Gasteiger partial charge on any atom is 0.313 e. The lowest BCUT2D eigenvalue weighted by Gasteiger charge is -2.14. The monoisotopic (exact) mass is 311 g/mol. The molecule has 2 aromatic carbocycles. The number of anilines is 1. The van der Waals surface area contributed by atoms with Crippen molar-refractivity contribution in [3.05, 3.63) is 65.7 Å². The van der Waals surface area contributed by atoms with E-state index < -0.39 is 0 Å². The van der Waals surface area contributed by atoms with Crippen molar-refractivity contribution in [3.8, 4) is 0 Å². The molecule has 0 aromatic heterocycles. The number of hydrogen-bond acceptors (Lipinski definition) is 3. The van der Waals surface area contributed by atoms with Gasteiger partial charge < -0.3 is 10.1 Å². The average molecular weight is 311 g/mol. The highest BCUT2D eigenvalue weighted by atomic mass is 16.5. The van der Waals surface area contributed by atoms with Crippen molar-refractivity contribution in [1.29, 1.82) is 0 Å². The second kappa shape index (κ2) is 8.13. The van der Waals surface area contributed by atoms with E-state index in [9.17, 15) is 9.59 Å². The summed E-state index contributed by atoms with van der Waals surface area (Å²) >= 11 is 0. The Morgan fingerprint density at radius 2 is 1.83 bits per heavy atom. The third kappa shape index (κ3) is 4.95. The van der Waals surface area contributed by atoms with Gasteiger partial charge in [0.2, 0.25) is 0 Å². The van der Waals surface area contributed by atoms with Crippen LogP contribution in [0.2, 0.25) is 0 Å². The summed E-state index contributed by atoms with van der Waals surface area (Å²) < 4.78 is 5.16. The number of benzene rings is 2. The Morgan fingerprint density at radius 1 is 1.09 bits per heavy atom. The first-order chi connectivity index (χ1) is 11.1. The van der Waals surface area contributed by atoms with Crippen LogP contribution in [0.25, 0.3) is 0 Å². The van der Waals surface area contributed by atoms with Gasteiger partial charge in [0.1, 0.15) is 0 Å².